The highest BCUT2D eigenvalue weighted by Crippen LogP contribution is 2.12. The third-order valence-electron chi connectivity index (χ3n) is 2.88. The molecule has 0 aromatic rings. The number of hydrogen-bond donors (Lipinski definition) is 1. The first-order chi connectivity index (χ1) is 9.26. The van der Waals surface area contributed by atoms with Gasteiger partial charge in [0.2, 0.25) is 0 Å². The molecule has 0 spiro atoms. The number of nitrogens with one attached hydrogen (secondary N) is 1. The van der Waals surface area contributed by atoms with Crippen LogP contribution in [0.15, 0.2) is 0 Å². The maximum absolute atomic E-state index is 11.9. The highest BCUT2D eigenvalue weighted by molar-refractivity contribution is 5.68. The number of rotatable bonds is 5. The van der Waals surface area contributed by atoms with Crippen LogP contribution in [0, 0.1) is 0 Å². The van der Waals surface area contributed by atoms with Crippen LogP contribution in [0.3, 0.4) is 0 Å². The summed E-state index contributed by atoms with van der Waals surface area (Å²) in [6.45, 7) is 4.60. The normalized spacial score (nSPS) is 21.0. The van der Waals surface area contributed by atoms with Gasteiger partial charge in [-0.05, 0) is 40.2 Å². The van der Waals surface area contributed by atoms with Crippen molar-refractivity contribution in [2.45, 2.75) is 51.9 Å². The molecule has 1 heterocycles. The molecule has 1 N–H and O–H groups in total. The molecule has 0 aliphatic carbocycles. The molecule has 118 valence electrons. The van der Waals surface area contributed by atoms with E-state index in [4.69, 9.17) is 4.74 Å². The molecular formula is C13H24F2N2O3. The molecule has 0 unspecified atom stereocenters. The van der Waals surface area contributed by atoms with Gasteiger partial charge in [0.15, 0.2) is 0 Å². The zero-order valence-corrected chi connectivity index (χ0v) is 12.3. The number of nitrogens with zero attached hydrogens (tertiary/aromatic N) is 1. The maximum Gasteiger partial charge on any atom is 0.407 e. The Morgan fingerprint density at radius 3 is 2.75 bits per heavy atom. The number of halogens is 2. The first-order valence-corrected chi connectivity index (χ1v) is 6.88. The fourth-order valence-corrected chi connectivity index (χ4v) is 2.12. The molecule has 1 rings (SSSR count). The van der Waals surface area contributed by atoms with Gasteiger partial charge in [-0.3, -0.25) is 4.90 Å². The third-order valence-corrected chi connectivity index (χ3v) is 2.88. The largest absolute Gasteiger partial charge is 0.444 e. The van der Waals surface area contributed by atoms with Gasteiger partial charge in [-0.1, -0.05) is 0 Å². The summed E-state index contributed by atoms with van der Waals surface area (Å²) in [4.78, 5) is 13.7. The van der Waals surface area contributed by atoms with Gasteiger partial charge >= 0.3 is 12.7 Å². The van der Waals surface area contributed by atoms with E-state index in [1.54, 1.807) is 20.8 Å². The molecule has 1 fully saturated rings. The second-order valence-electron chi connectivity index (χ2n) is 5.92. The van der Waals surface area contributed by atoms with Gasteiger partial charge < -0.3 is 14.8 Å². The average Bonchev–Trinajstić information content (AvgIpc) is 2.26. The first kappa shape index (κ1) is 17.1. The van der Waals surface area contributed by atoms with E-state index in [1.807, 2.05) is 4.90 Å². The number of amides is 1. The van der Waals surface area contributed by atoms with E-state index in [-0.39, 0.29) is 12.6 Å². The van der Waals surface area contributed by atoms with Crippen LogP contribution >= 0.6 is 0 Å². The van der Waals surface area contributed by atoms with Crippen molar-refractivity contribution < 1.29 is 23.0 Å². The lowest BCUT2D eigenvalue weighted by Gasteiger charge is -2.33. The molecule has 0 saturated carbocycles. The van der Waals surface area contributed by atoms with Crippen LogP contribution in [-0.2, 0) is 9.47 Å². The van der Waals surface area contributed by atoms with Gasteiger partial charge in [0, 0.05) is 19.1 Å². The Balaban J connectivity index is 2.28. The zero-order chi connectivity index (χ0) is 15.2. The number of hydrogen-bond acceptors (Lipinski definition) is 4. The summed E-state index contributed by atoms with van der Waals surface area (Å²) < 4.78 is 33.2. The number of likely N-dealkylation sites (tertiary alicyclic amines) is 1. The number of alkyl carbamates (subject to hydrolysis) is 1. The molecule has 20 heavy (non-hydrogen) atoms. The summed E-state index contributed by atoms with van der Waals surface area (Å²) in [5.41, 5.74) is -0.524. The van der Waals surface area contributed by atoms with Crippen LogP contribution in [0.4, 0.5) is 13.6 Å². The van der Waals surface area contributed by atoms with Crippen LogP contribution < -0.4 is 5.32 Å². The van der Waals surface area contributed by atoms with E-state index in [0.29, 0.717) is 13.1 Å². The number of carbonyl (C=O) groups excluding carboxylic acids is 1. The number of alkyl halides is 2. The summed E-state index contributed by atoms with van der Waals surface area (Å²) in [5.74, 6) is 0. The van der Waals surface area contributed by atoms with E-state index in [2.05, 4.69) is 10.1 Å². The van der Waals surface area contributed by atoms with Crippen LogP contribution in [-0.4, -0.2) is 55.5 Å². The Kier molecular flexibility index (Phi) is 6.61. The van der Waals surface area contributed by atoms with Gasteiger partial charge in [0.25, 0.3) is 0 Å². The summed E-state index contributed by atoms with van der Waals surface area (Å²) in [5, 5.41) is 2.81. The predicted molar refractivity (Wildman–Crippen MR) is 70.8 cm³/mol. The summed E-state index contributed by atoms with van der Waals surface area (Å²) in [6.07, 6.45) is 1.34. The smallest absolute Gasteiger partial charge is 0.407 e. The minimum atomic E-state index is -2.73. The van der Waals surface area contributed by atoms with Gasteiger partial charge in [0.05, 0.1) is 6.61 Å². The average molecular weight is 294 g/mol. The number of carbonyl (C=O) groups is 1. The van der Waals surface area contributed by atoms with Crippen molar-refractivity contribution in [3.8, 4) is 0 Å². The fraction of sp³-hybridized carbons (Fsp3) is 0.923. The SMILES string of the molecule is CC(C)(C)OC(=O)N[C@@H]1CCCN(CCOC(F)F)C1. The molecular weight excluding hydrogens is 270 g/mol. The molecule has 0 bridgehead atoms. The first-order valence-electron chi connectivity index (χ1n) is 6.88. The van der Waals surface area contributed by atoms with Crippen LogP contribution in [0.1, 0.15) is 33.6 Å². The zero-order valence-electron chi connectivity index (χ0n) is 12.3. The Hall–Kier alpha value is -0.950. The van der Waals surface area contributed by atoms with Crippen molar-refractivity contribution in [1.82, 2.24) is 10.2 Å². The van der Waals surface area contributed by atoms with Gasteiger partial charge in [0.1, 0.15) is 5.60 Å². The molecule has 0 radical (unpaired) electrons. The predicted octanol–water partition coefficient (Wildman–Crippen LogP) is 2.21. The van der Waals surface area contributed by atoms with E-state index in [1.165, 1.54) is 0 Å². The van der Waals surface area contributed by atoms with E-state index in [9.17, 15) is 13.6 Å². The Bertz CT molecular complexity index is 308. The summed E-state index contributed by atoms with van der Waals surface area (Å²) in [7, 11) is 0. The van der Waals surface area contributed by atoms with Gasteiger partial charge in [-0.15, -0.1) is 0 Å². The third kappa shape index (κ3) is 7.59. The van der Waals surface area contributed by atoms with E-state index >= 15 is 0 Å². The molecule has 1 amide bonds. The molecule has 1 saturated heterocycles. The number of piperidine rings is 1. The molecule has 1 atom stereocenters. The molecule has 0 aromatic heterocycles. The lowest BCUT2D eigenvalue weighted by Crippen LogP contribution is -2.49. The van der Waals surface area contributed by atoms with Crippen LogP contribution in [0.5, 0.6) is 0 Å². The molecule has 5 nitrogen and oxygen atoms in total. The summed E-state index contributed by atoms with van der Waals surface area (Å²) in [6, 6.07) is -0.00912. The Morgan fingerprint density at radius 1 is 1.45 bits per heavy atom. The molecule has 1 aliphatic rings. The lowest BCUT2D eigenvalue weighted by molar-refractivity contribution is -0.132. The van der Waals surface area contributed by atoms with Crippen molar-refractivity contribution in [3.05, 3.63) is 0 Å². The Labute approximate surface area is 118 Å². The van der Waals surface area contributed by atoms with Gasteiger partial charge in [-0.25, -0.2) is 4.79 Å². The molecule has 1 aliphatic heterocycles. The fourth-order valence-electron chi connectivity index (χ4n) is 2.12. The quantitative estimate of drug-likeness (QED) is 0.844. The van der Waals surface area contributed by atoms with Crippen molar-refractivity contribution in [1.29, 1.82) is 0 Å². The minimum absolute atomic E-state index is 0.00315. The molecule has 0 aromatic carbocycles. The highest BCUT2D eigenvalue weighted by atomic mass is 19.3. The van der Waals surface area contributed by atoms with E-state index < -0.39 is 18.3 Å². The minimum Gasteiger partial charge on any atom is -0.444 e. The van der Waals surface area contributed by atoms with E-state index in [0.717, 1.165) is 19.4 Å². The van der Waals surface area contributed by atoms with Crippen molar-refractivity contribution in [3.63, 3.8) is 0 Å². The standard InChI is InChI=1S/C13H24F2N2O3/c1-13(2,3)20-12(18)16-10-5-4-6-17(9-10)7-8-19-11(14)15/h10-11H,4-9H2,1-3H3,(H,16,18)/t10-/m1/s1. The van der Waals surface area contributed by atoms with Crippen LogP contribution in [0.25, 0.3) is 0 Å². The number of ether oxygens (including phenoxy) is 2. The Morgan fingerprint density at radius 2 is 2.15 bits per heavy atom. The van der Waals surface area contributed by atoms with Crippen molar-refractivity contribution in [2.24, 2.45) is 0 Å². The highest BCUT2D eigenvalue weighted by Gasteiger charge is 2.24. The van der Waals surface area contributed by atoms with Crippen molar-refractivity contribution >= 4 is 6.09 Å². The summed E-state index contributed by atoms with van der Waals surface area (Å²) >= 11 is 0. The van der Waals surface area contributed by atoms with Gasteiger partial charge in [-0.2, -0.15) is 8.78 Å². The van der Waals surface area contributed by atoms with Crippen LogP contribution in [0.2, 0.25) is 0 Å². The maximum atomic E-state index is 11.9. The monoisotopic (exact) mass is 294 g/mol. The second-order valence-corrected chi connectivity index (χ2v) is 5.92. The topological polar surface area (TPSA) is 50.8 Å². The van der Waals surface area contributed by atoms with Crippen molar-refractivity contribution in [2.75, 3.05) is 26.2 Å². The second kappa shape index (κ2) is 7.73. The molecule has 7 heteroatoms. The lowest BCUT2D eigenvalue weighted by atomic mass is 10.1.